The fourth-order valence-corrected chi connectivity index (χ4v) is 4.37. The molecule has 2 N–H and O–H groups in total. The van der Waals surface area contributed by atoms with Crippen molar-refractivity contribution in [2.24, 2.45) is 5.41 Å². The van der Waals surface area contributed by atoms with E-state index >= 15 is 0 Å². The fraction of sp³-hybridized carbons (Fsp3) is 0.333. The molecular weight excluding hydrogens is 521 g/mol. The Bertz CT molecular complexity index is 1370. The number of piperidine rings is 1. The van der Waals surface area contributed by atoms with Gasteiger partial charge in [-0.15, -0.1) is 0 Å². The van der Waals surface area contributed by atoms with Gasteiger partial charge in [0.25, 0.3) is 11.8 Å². The molecule has 0 radical (unpaired) electrons. The molecule has 210 valence electrons. The van der Waals surface area contributed by atoms with Crippen LogP contribution < -0.4 is 10.6 Å². The summed E-state index contributed by atoms with van der Waals surface area (Å²) in [7, 11) is 0. The van der Waals surface area contributed by atoms with Crippen molar-refractivity contribution in [2.45, 2.75) is 45.7 Å². The van der Waals surface area contributed by atoms with Crippen LogP contribution in [0.4, 0.5) is 24.5 Å². The SMILES string of the molecule is CC(C)(C)C(=O)Nc1ccc(C(=O)Nc2ccc(C3CCN(C(=O)c4cc(C(F)(F)F)ccn4)CC3)cc2)cc1. The van der Waals surface area contributed by atoms with Gasteiger partial charge in [-0.1, -0.05) is 32.9 Å². The minimum Gasteiger partial charge on any atom is -0.337 e. The van der Waals surface area contributed by atoms with Gasteiger partial charge in [0, 0.05) is 41.6 Å². The number of carbonyl (C=O) groups excluding carboxylic acids is 3. The summed E-state index contributed by atoms with van der Waals surface area (Å²) in [5.41, 5.74) is 1.11. The smallest absolute Gasteiger partial charge is 0.337 e. The van der Waals surface area contributed by atoms with Crippen molar-refractivity contribution in [3.8, 4) is 0 Å². The van der Waals surface area contributed by atoms with Crippen LogP contribution in [0.25, 0.3) is 0 Å². The third-order valence-electron chi connectivity index (χ3n) is 6.81. The van der Waals surface area contributed by atoms with Gasteiger partial charge in [0.05, 0.1) is 5.56 Å². The Balaban J connectivity index is 1.30. The van der Waals surface area contributed by atoms with E-state index < -0.39 is 23.1 Å². The van der Waals surface area contributed by atoms with E-state index in [1.165, 1.54) is 4.90 Å². The van der Waals surface area contributed by atoms with E-state index in [1.54, 1.807) is 24.3 Å². The molecule has 0 atom stereocenters. The Morgan fingerprint density at radius 1 is 0.850 bits per heavy atom. The quantitative estimate of drug-likeness (QED) is 0.386. The second kappa shape index (κ2) is 11.5. The molecule has 1 aromatic heterocycles. The number of pyridine rings is 1. The van der Waals surface area contributed by atoms with Crippen LogP contribution in [0.5, 0.6) is 0 Å². The maximum Gasteiger partial charge on any atom is 0.416 e. The van der Waals surface area contributed by atoms with Gasteiger partial charge in [-0.25, -0.2) is 0 Å². The minimum absolute atomic E-state index is 0.116. The second-order valence-corrected chi connectivity index (χ2v) is 10.9. The van der Waals surface area contributed by atoms with E-state index in [2.05, 4.69) is 15.6 Å². The van der Waals surface area contributed by atoms with Crippen LogP contribution in [0.3, 0.4) is 0 Å². The number of nitrogens with one attached hydrogen (secondary N) is 2. The average Bonchev–Trinajstić information content (AvgIpc) is 2.92. The predicted molar refractivity (Wildman–Crippen MR) is 146 cm³/mol. The van der Waals surface area contributed by atoms with Gasteiger partial charge < -0.3 is 15.5 Å². The van der Waals surface area contributed by atoms with E-state index in [-0.39, 0.29) is 23.4 Å². The second-order valence-electron chi connectivity index (χ2n) is 10.9. The molecule has 1 fully saturated rings. The molecule has 2 heterocycles. The lowest BCUT2D eigenvalue weighted by atomic mass is 9.89. The standard InChI is InChI=1S/C30H31F3N4O3/c1-29(2,3)28(40)36-24-10-6-21(7-11-24)26(38)35-23-8-4-19(5-9-23)20-13-16-37(17-14-20)27(39)25-18-22(12-15-34-25)30(31,32)33/h4-12,15,18,20H,13-14,16-17H2,1-3H3,(H,35,38)(H,36,40). The molecule has 4 rings (SSSR count). The summed E-state index contributed by atoms with van der Waals surface area (Å²) in [6.45, 7) is 6.28. The molecule has 0 saturated carbocycles. The lowest BCUT2D eigenvalue weighted by Gasteiger charge is -2.32. The number of rotatable bonds is 5. The lowest BCUT2D eigenvalue weighted by Crippen LogP contribution is -2.38. The van der Waals surface area contributed by atoms with Crippen molar-refractivity contribution >= 4 is 29.1 Å². The van der Waals surface area contributed by atoms with Crippen LogP contribution in [-0.4, -0.2) is 40.7 Å². The zero-order valence-electron chi connectivity index (χ0n) is 22.5. The molecule has 2 aromatic carbocycles. The number of aromatic nitrogens is 1. The molecule has 0 bridgehead atoms. The molecule has 1 saturated heterocycles. The summed E-state index contributed by atoms with van der Waals surface area (Å²) in [6, 6.07) is 15.8. The van der Waals surface area contributed by atoms with Crippen LogP contribution in [0.2, 0.25) is 0 Å². The van der Waals surface area contributed by atoms with Gasteiger partial charge in [0.1, 0.15) is 5.69 Å². The highest BCUT2D eigenvalue weighted by atomic mass is 19.4. The summed E-state index contributed by atoms with van der Waals surface area (Å²) >= 11 is 0. The number of amides is 3. The average molecular weight is 553 g/mol. The Morgan fingerprint density at radius 3 is 2.00 bits per heavy atom. The highest BCUT2D eigenvalue weighted by Gasteiger charge is 2.32. The van der Waals surface area contributed by atoms with Gasteiger partial charge in [0.2, 0.25) is 5.91 Å². The molecule has 1 aliphatic heterocycles. The molecule has 0 aliphatic carbocycles. The highest BCUT2D eigenvalue weighted by molar-refractivity contribution is 6.04. The minimum atomic E-state index is -4.54. The number of alkyl halides is 3. The molecule has 10 heteroatoms. The maximum atomic E-state index is 13.0. The number of nitrogens with zero attached hydrogens (tertiary/aromatic N) is 2. The summed E-state index contributed by atoms with van der Waals surface area (Å²) in [5.74, 6) is -0.724. The highest BCUT2D eigenvalue weighted by Crippen LogP contribution is 2.31. The monoisotopic (exact) mass is 552 g/mol. The van der Waals surface area contributed by atoms with Crippen molar-refractivity contribution in [1.82, 2.24) is 9.88 Å². The molecule has 0 spiro atoms. The summed E-state index contributed by atoms with van der Waals surface area (Å²) in [4.78, 5) is 42.9. The number of halogens is 3. The predicted octanol–water partition coefficient (Wildman–Crippen LogP) is 6.36. The maximum absolute atomic E-state index is 13.0. The first-order valence-corrected chi connectivity index (χ1v) is 13.0. The topological polar surface area (TPSA) is 91.4 Å². The summed E-state index contributed by atoms with van der Waals surface area (Å²) in [5, 5.41) is 5.69. The van der Waals surface area contributed by atoms with Crippen molar-refractivity contribution in [1.29, 1.82) is 0 Å². The van der Waals surface area contributed by atoms with Gasteiger partial charge in [-0.3, -0.25) is 19.4 Å². The molecule has 3 amide bonds. The van der Waals surface area contributed by atoms with E-state index in [4.69, 9.17) is 0 Å². The largest absolute Gasteiger partial charge is 0.416 e. The zero-order valence-corrected chi connectivity index (χ0v) is 22.5. The lowest BCUT2D eigenvalue weighted by molar-refractivity contribution is -0.137. The van der Waals surface area contributed by atoms with E-state index in [0.717, 1.165) is 23.9 Å². The number of hydrogen-bond acceptors (Lipinski definition) is 4. The van der Waals surface area contributed by atoms with Crippen LogP contribution >= 0.6 is 0 Å². The molecule has 0 unspecified atom stereocenters. The van der Waals surface area contributed by atoms with Crippen LogP contribution in [0.1, 0.15) is 71.5 Å². The third kappa shape index (κ3) is 7.05. The fourth-order valence-electron chi connectivity index (χ4n) is 4.37. The zero-order chi connectivity index (χ0) is 29.1. The Labute approximate surface area is 230 Å². The third-order valence-corrected chi connectivity index (χ3v) is 6.81. The van der Waals surface area contributed by atoms with Gasteiger partial charge in [0.15, 0.2) is 0 Å². The van der Waals surface area contributed by atoms with Crippen molar-refractivity contribution in [3.63, 3.8) is 0 Å². The number of benzene rings is 2. The number of hydrogen-bond donors (Lipinski definition) is 2. The Kier molecular flexibility index (Phi) is 8.27. The van der Waals surface area contributed by atoms with Gasteiger partial charge in [-0.05, 0) is 72.9 Å². The Hall–Kier alpha value is -4.21. The van der Waals surface area contributed by atoms with Crippen LogP contribution in [0.15, 0.2) is 66.9 Å². The van der Waals surface area contributed by atoms with Gasteiger partial charge in [-0.2, -0.15) is 13.2 Å². The first-order chi connectivity index (χ1) is 18.8. The van der Waals surface area contributed by atoms with E-state index in [9.17, 15) is 27.6 Å². The molecule has 7 nitrogen and oxygen atoms in total. The van der Waals surface area contributed by atoms with Crippen molar-refractivity contribution in [3.05, 3.63) is 89.2 Å². The van der Waals surface area contributed by atoms with E-state index in [1.807, 2.05) is 45.0 Å². The first-order valence-electron chi connectivity index (χ1n) is 13.0. The van der Waals surface area contributed by atoms with Crippen LogP contribution in [-0.2, 0) is 11.0 Å². The van der Waals surface area contributed by atoms with Crippen LogP contribution in [0, 0.1) is 5.41 Å². The first kappa shape index (κ1) is 28.8. The number of carbonyl (C=O) groups is 3. The summed E-state index contributed by atoms with van der Waals surface area (Å²) in [6.07, 6.45) is -2.21. The number of anilines is 2. The molecular formula is C30H31F3N4O3. The number of likely N-dealkylation sites (tertiary alicyclic amines) is 1. The normalized spacial score (nSPS) is 14.5. The van der Waals surface area contributed by atoms with Crippen molar-refractivity contribution in [2.75, 3.05) is 23.7 Å². The summed E-state index contributed by atoms with van der Waals surface area (Å²) < 4.78 is 39.0. The molecule has 40 heavy (non-hydrogen) atoms. The van der Waals surface area contributed by atoms with Gasteiger partial charge >= 0.3 is 6.18 Å². The van der Waals surface area contributed by atoms with Crippen molar-refractivity contribution < 1.29 is 27.6 Å². The molecule has 1 aliphatic rings. The Morgan fingerprint density at radius 2 is 1.43 bits per heavy atom. The molecule has 3 aromatic rings. The van der Waals surface area contributed by atoms with E-state index in [0.29, 0.717) is 42.9 Å².